The molecule has 11 N–H and O–H groups in total. The van der Waals surface area contributed by atoms with Crippen LogP contribution in [0.5, 0.6) is 23.0 Å². The predicted octanol–water partition coefficient (Wildman–Crippen LogP) is 5.98. The third-order valence-corrected chi connectivity index (χ3v) is 9.91. The molecule has 6 aromatic carbocycles. The Hall–Kier alpha value is -6.67. The van der Waals surface area contributed by atoms with Gasteiger partial charge in [0.15, 0.2) is 0 Å². The number of primary sulfonamides is 1. The predicted molar refractivity (Wildman–Crippen MR) is 208 cm³/mol. The summed E-state index contributed by atoms with van der Waals surface area (Å²) in [5, 5.41) is 78.3. The van der Waals surface area contributed by atoms with Gasteiger partial charge in [-0.15, -0.1) is 20.5 Å². The number of carbonyl (C=O) groups is 2. The van der Waals surface area contributed by atoms with Gasteiger partial charge in [-0.3, -0.25) is 9.69 Å². The largest absolute Gasteiger partial charge is 0.506 e. The molecule has 19 nitrogen and oxygen atoms in total. The molecule has 0 fully saturated rings. The van der Waals surface area contributed by atoms with Gasteiger partial charge in [0.2, 0.25) is 15.9 Å². The Kier molecular flexibility index (Phi) is 13.4. The van der Waals surface area contributed by atoms with E-state index in [0.717, 1.165) is 35.2 Å². The van der Waals surface area contributed by atoms with Crippen LogP contribution in [0.4, 0.5) is 38.9 Å². The molecule has 2 amide bonds. The number of hydrogen-bond acceptors (Lipinski definition) is 14. The maximum Gasteiger partial charge on any atom is 0.411 e. The number of rotatable bonds is 8. The molecule has 0 heterocycles. The molecule has 300 valence electrons. The molecular formula is C36H33CrN8O11S2+. The molecule has 0 radical (unpaired) electrons. The fraction of sp³-hybridized carbons (Fsp3) is 0.0556. The first-order valence-electron chi connectivity index (χ1n) is 16.1. The van der Waals surface area contributed by atoms with Crippen LogP contribution in [0, 0.1) is 0 Å². The van der Waals surface area contributed by atoms with Gasteiger partial charge in [-0.25, -0.2) is 23.5 Å². The van der Waals surface area contributed by atoms with Crippen molar-refractivity contribution in [2.45, 2.75) is 16.7 Å². The molecule has 6 rings (SSSR count). The number of quaternary nitrogens is 1. The minimum absolute atomic E-state index is 0. The average molecular weight is 870 g/mol. The van der Waals surface area contributed by atoms with E-state index >= 15 is 0 Å². The quantitative estimate of drug-likeness (QED) is 0.0822. The van der Waals surface area contributed by atoms with Crippen LogP contribution in [-0.2, 0) is 42.2 Å². The minimum Gasteiger partial charge on any atom is -0.506 e. The average Bonchev–Trinajstić information content (AvgIpc) is 3.14. The van der Waals surface area contributed by atoms with Crippen molar-refractivity contribution in [1.82, 2.24) is 0 Å². The number of nitrogens with zero attached hydrogens (tertiary/aromatic N) is 5. The van der Waals surface area contributed by atoms with Crippen LogP contribution in [0.2, 0.25) is 0 Å². The first kappa shape index (κ1) is 44.1. The summed E-state index contributed by atoms with van der Waals surface area (Å²) in [6.07, 6.45) is -1.21. The van der Waals surface area contributed by atoms with Crippen molar-refractivity contribution in [3.63, 3.8) is 0 Å². The van der Waals surface area contributed by atoms with Gasteiger partial charge < -0.3 is 30.8 Å². The molecule has 0 aromatic heterocycles. The van der Waals surface area contributed by atoms with Crippen molar-refractivity contribution in [3.8, 4) is 23.0 Å². The number of nitrogens with one attached hydrogen (secondary N) is 1. The first-order valence-corrected chi connectivity index (χ1v) is 19.3. The second-order valence-electron chi connectivity index (χ2n) is 12.0. The first-order chi connectivity index (χ1) is 26.8. The molecule has 6 aromatic rings. The Labute approximate surface area is 340 Å². The van der Waals surface area contributed by atoms with E-state index in [1.807, 2.05) is 0 Å². The van der Waals surface area contributed by atoms with Gasteiger partial charge in [-0.2, -0.15) is 8.42 Å². The van der Waals surface area contributed by atoms with Gasteiger partial charge in [-0.1, -0.05) is 36.4 Å². The number of nitrogens with two attached hydrogens (primary N) is 1. The molecule has 0 aliphatic heterocycles. The number of fused-ring (bicyclic) bond motifs is 2. The van der Waals surface area contributed by atoms with Crippen molar-refractivity contribution in [2.75, 3.05) is 17.3 Å². The van der Waals surface area contributed by atoms with Crippen molar-refractivity contribution >= 4 is 87.7 Å². The Morgan fingerprint density at radius 2 is 1.14 bits per heavy atom. The van der Waals surface area contributed by atoms with Crippen LogP contribution in [0.15, 0.2) is 127 Å². The molecule has 0 aliphatic carbocycles. The van der Waals surface area contributed by atoms with E-state index in [0.29, 0.717) is 27.2 Å². The molecule has 58 heavy (non-hydrogen) atoms. The Bertz CT molecular complexity index is 2880. The smallest absolute Gasteiger partial charge is 0.411 e. The van der Waals surface area contributed by atoms with Crippen LogP contribution in [0.3, 0.4) is 0 Å². The van der Waals surface area contributed by atoms with Gasteiger partial charge in [0, 0.05) is 42.1 Å². The number of amides is 2. The van der Waals surface area contributed by atoms with E-state index in [9.17, 15) is 52.0 Å². The van der Waals surface area contributed by atoms with E-state index in [4.69, 9.17) is 5.14 Å². The van der Waals surface area contributed by atoms with Crippen molar-refractivity contribution in [1.29, 1.82) is 0 Å². The molecule has 0 saturated carbocycles. The maximum absolute atomic E-state index is 11.6. The van der Waals surface area contributed by atoms with Crippen molar-refractivity contribution in [2.24, 2.45) is 25.6 Å². The molecule has 0 bridgehead atoms. The summed E-state index contributed by atoms with van der Waals surface area (Å²) in [5.41, 5.74) is 0.376. The van der Waals surface area contributed by atoms with Gasteiger partial charge in [0.25, 0.3) is 0 Å². The number of carboxylic acid groups (broad SMARTS) is 1. The fourth-order valence-electron chi connectivity index (χ4n) is 5.30. The maximum atomic E-state index is 11.6. The molecule has 0 unspecified atom stereocenters. The standard InChI is InChI=1S/C18H16N4O6S.C18H16N4O5S.Cr/c1-22(18(25)26)13-4-2-3-10-5-7-15(24)17(16(10)13)21-20-12-9-11(29(19,27)28)6-8-14(12)23;1-10(23)20-13-4-2-3-11-5-7-16(25)18(17(11)13)22-21-14-9-12(28(19,26)27)6-8-15(14)24;/h2-9,23-24H,1H3,(H,25,26)(H2,19,27,28);2-9,24-25H,1H3,(H,20,23)(H2,19,26,27);/p+1. The van der Waals surface area contributed by atoms with Crippen molar-refractivity contribution in [3.05, 3.63) is 97.1 Å². The summed E-state index contributed by atoms with van der Waals surface area (Å²) in [4.78, 5) is 23.4. The second kappa shape index (κ2) is 17.6. The number of carbonyl (C=O) groups excluding carboxylic acids is 1. The van der Waals surface area contributed by atoms with Crippen LogP contribution in [0.1, 0.15) is 6.92 Å². The number of phenolic OH excluding ortho intramolecular Hbond substituents is 4. The normalized spacial score (nSPS) is 11.6. The Balaban J connectivity index is 0.000000252. The molecule has 0 spiro atoms. The third kappa shape index (κ3) is 10.0. The van der Waals surface area contributed by atoms with Crippen LogP contribution >= 0.6 is 0 Å². The molecular weight excluding hydrogens is 837 g/mol. The summed E-state index contributed by atoms with van der Waals surface area (Å²) in [6.45, 7) is 1.35. The summed E-state index contributed by atoms with van der Waals surface area (Å²) in [5.74, 6) is -1.44. The molecule has 0 saturated heterocycles. The third-order valence-electron chi connectivity index (χ3n) is 8.03. The zero-order chi connectivity index (χ0) is 41.8. The summed E-state index contributed by atoms with van der Waals surface area (Å²) in [7, 11) is -6.43. The molecule has 22 heteroatoms. The van der Waals surface area contributed by atoms with E-state index < -0.39 is 26.1 Å². The number of azo groups is 2. The summed E-state index contributed by atoms with van der Waals surface area (Å²) >= 11 is 0. The molecule has 0 atom stereocenters. The van der Waals surface area contributed by atoms with Gasteiger partial charge in [-0.05, 0) is 71.4 Å². The monoisotopic (exact) mass is 869 g/mol. The van der Waals surface area contributed by atoms with E-state index in [-0.39, 0.29) is 84.5 Å². The second-order valence-corrected chi connectivity index (χ2v) is 15.3. The Morgan fingerprint density at radius 1 is 0.672 bits per heavy atom. The summed E-state index contributed by atoms with van der Waals surface area (Å²) < 4.78 is 46.2. The van der Waals surface area contributed by atoms with Crippen LogP contribution < -0.4 is 20.5 Å². The number of benzene rings is 6. The number of sulfonamides is 2. The zero-order valence-corrected chi connectivity index (χ0v) is 33.1. The van der Waals surface area contributed by atoms with E-state index in [1.165, 1.54) is 32.2 Å². The number of phenols is 4. The number of anilines is 2. The van der Waals surface area contributed by atoms with Crippen LogP contribution in [0.25, 0.3) is 21.5 Å². The number of aromatic hydroxyl groups is 4. The van der Waals surface area contributed by atoms with E-state index in [1.54, 1.807) is 48.5 Å². The minimum atomic E-state index is -4.00. The van der Waals surface area contributed by atoms with E-state index in [2.05, 4.69) is 30.9 Å². The van der Waals surface area contributed by atoms with Gasteiger partial charge in [0.1, 0.15) is 50.6 Å². The zero-order valence-electron chi connectivity index (χ0n) is 30.2. The summed E-state index contributed by atoms with van der Waals surface area (Å²) in [6, 6.07) is 22.8. The van der Waals surface area contributed by atoms with Gasteiger partial charge >= 0.3 is 16.1 Å². The number of hydrogen-bond donors (Lipinski definition) is 8. The SMILES string of the molecule is CC(=O)Nc1cccc2ccc(O)c(N=Nc3cc(S(N)(=O)=O)ccc3O)c12.CN(C(=O)O)c1cccc2ccc(O)c(N=Nc3cc(S([NH3+])(=O)=O)ccc3O)c12.[Cr]. The molecule has 0 aliphatic rings. The van der Waals surface area contributed by atoms with Crippen LogP contribution in [-0.4, -0.2) is 61.4 Å². The topological polar surface area (TPSA) is 322 Å². The van der Waals surface area contributed by atoms with Crippen molar-refractivity contribution < 1.29 is 74.5 Å². The fourth-order valence-corrected chi connectivity index (χ4v) is 6.40. The van der Waals surface area contributed by atoms with Gasteiger partial charge in [0.05, 0.1) is 16.3 Å². The Morgan fingerprint density at radius 3 is 1.64 bits per heavy atom.